The Morgan fingerprint density at radius 2 is 1.67 bits per heavy atom. The van der Waals surface area contributed by atoms with Crippen molar-refractivity contribution in [3.63, 3.8) is 0 Å². The molecule has 124 valence electrons. The van der Waals surface area contributed by atoms with E-state index in [0.29, 0.717) is 16.8 Å². The highest BCUT2D eigenvalue weighted by Crippen LogP contribution is 2.55. The lowest BCUT2D eigenvalue weighted by Gasteiger charge is -2.08. The van der Waals surface area contributed by atoms with Gasteiger partial charge in [-0.05, 0) is 35.4 Å². The average Bonchev–Trinajstić information content (AvgIpc) is 3.05. The van der Waals surface area contributed by atoms with Crippen molar-refractivity contribution >= 4 is 17.6 Å². The van der Waals surface area contributed by atoms with Gasteiger partial charge in [0.15, 0.2) is 0 Å². The summed E-state index contributed by atoms with van der Waals surface area (Å²) in [4.78, 5) is 23.0. The number of halogens is 2. The van der Waals surface area contributed by atoms with Crippen molar-refractivity contribution in [3.8, 4) is 11.1 Å². The van der Waals surface area contributed by atoms with Gasteiger partial charge in [0.2, 0.25) is 5.91 Å². The van der Waals surface area contributed by atoms with Crippen LogP contribution in [0.15, 0.2) is 48.5 Å². The van der Waals surface area contributed by atoms with E-state index in [-0.39, 0.29) is 5.56 Å². The maximum atomic E-state index is 13.3. The summed E-state index contributed by atoms with van der Waals surface area (Å²) in [5, 5.41) is 11.5. The monoisotopic (exact) mass is 331 g/mol. The van der Waals surface area contributed by atoms with Gasteiger partial charge in [-0.2, -0.15) is 0 Å². The fourth-order valence-electron chi connectivity index (χ4n) is 2.71. The first kappa shape index (κ1) is 16.1. The van der Waals surface area contributed by atoms with E-state index in [1.807, 2.05) is 0 Å². The van der Waals surface area contributed by atoms with Gasteiger partial charge in [-0.3, -0.25) is 4.79 Å². The van der Waals surface area contributed by atoms with Crippen LogP contribution in [0.3, 0.4) is 0 Å². The van der Waals surface area contributed by atoms with E-state index in [4.69, 9.17) is 5.11 Å². The van der Waals surface area contributed by atoms with Crippen LogP contribution in [0.2, 0.25) is 0 Å². The lowest BCUT2D eigenvalue weighted by molar-refractivity contribution is -0.119. The van der Waals surface area contributed by atoms with Gasteiger partial charge < -0.3 is 10.4 Å². The first-order valence-electron chi connectivity index (χ1n) is 7.43. The molecule has 1 saturated carbocycles. The number of aromatic carboxylic acids is 1. The largest absolute Gasteiger partial charge is 0.478 e. The Morgan fingerprint density at radius 3 is 2.25 bits per heavy atom. The lowest BCUT2D eigenvalue weighted by Crippen LogP contribution is -2.17. The standard InChI is InChI=1S/C18H15F2NO3/c1-10-15(18(10,19)20)16(22)21-14-7-3-5-12(9-14)11-4-2-6-13(8-11)17(23)24/h2-10,15H,1H3,(H,21,22)(H,23,24)/t10-,15+/m1/s1. The summed E-state index contributed by atoms with van der Waals surface area (Å²) >= 11 is 0. The fraction of sp³-hybridized carbons (Fsp3) is 0.222. The van der Waals surface area contributed by atoms with Crippen molar-refractivity contribution in [2.24, 2.45) is 11.8 Å². The van der Waals surface area contributed by atoms with Crippen LogP contribution in [0, 0.1) is 11.8 Å². The molecule has 1 aliphatic carbocycles. The zero-order chi connectivity index (χ0) is 17.5. The van der Waals surface area contributed by atoms with Crippen LogP contribution in [-0.2, 0) is 4.79 Å². The van der Waals surface area contributed by atoms with E-state index in [1.54, 1.807) is 36.4 Å². The van der Waals surface area contributed by atoms with E-state index >= 15 is 0 Å². The number of anilines is 1. The van der Waals surface area contributed by atoms with E-state index in [9.17, 15) is 18.4 Å². The van der Waals surface area contributed by atoms with Gasteiger partial charge in [-0.15, -0.1) is 0 Å². The molecule has 6 heteroatoms. The Balaban J connectivity index is 1.81. The first-order chi connectivity index (χ1) is 11.3. The molecule has 0 aromatic heterocycles. The minimum atomic E-state index is -2.95. The minimum absolute atomic E-state index is 0.147. The van der Waals surface area contributed by atoms with Crippen LogP contribution in [0.5, 0.6) is 0 Å². The number of carboxylic acids is 1. The normalized spacial score (nSPS) is 21.1. The molecule has 0 unspecified atom stereocenters. The Kier molecular flexibility index (Phi) is 3.83. The number of hydrogen-bond donors (Lipinski definition) is 2. The van der Waals surface area contributed by atoms with Gasteiger partial charge >= 0.3 is 5.97 Å². The quantitative estimate of drug-likeness (QED) is 0.893. The molecule has 1 aliphatic rings. The SMILES string of the molecule is C[C@@H]1[C@@H](C(=O)Nc2cccc(-c3cccc(C(=O)O)c3)c2)C1(F)F. The van der Waals surface area contributed by atoms with Crippen LogP contribution < -0.4 is 5.32 Å². The number of carbonyl (C=O) groups excluding carboxylic acids is 1. The Bertz CT molecular complexity index is 819. The average molecular weight is 331 g/mol. The molecule has 2 N–H and O–H groups in total. The van der Waals surface area contributed by atoms with Crippen LogP contribution in [0.25, 0.3) is 11.1 Å². The number of alkyl halides is 2. The fourth-order valence-corrected chi connectivity index (χ4v) is 2.71. The molecule has 4 nitrogen and oxygen atoms in total. The third kappa shape index (κ3) is 2.87. The van der Waals surface area contributed by atoms with Crippen molar-refractivity contribution in [1.82, 2.24) is 0 Å². The molecule has 2 aromatic carbocycles. The molecule has 1 fully saturated rings. The molecule has 0 bridgehead atoms. The Morgan fingerprint density at radius 1 is 1.08 bits per heavy atom. The highest BCUT2D eigenvalue weighted by atomic mass is 19.3. The summed E-state index contributed by atoms with van der Waals surface area (Å²) in [6.45, 7) is 1.35. The predicted molar refractivity (Wildman–Crippen MR) is 85.1 cm³/mol. The second-order valence-electron chi connectivity index (χ2n) is 5.90. The number of amides is 1. The molecule has 1 amide bonds. The summed E-state index contributed by atoms with van der Waals surface area (Å²) in [5.41, 5.74) is 1.89. The maximum Gasteiger partial charge on any atom is 0.335 e. The Hall–Kier alpha value is -2.76. The Labute approximate surface area is 137 Å². The van der Waals surface area contributed by atoms with Crippen LogP contribution in [0.1, 0.15) is 17.3 Å². The van der Waals surface area contributed by atoms with Crippen LogP contribution in [-0.4, -0.2) is 22.9 Å². The van der Waals surface area contributed by atoms with Gasteiger partial charge in [0.25, 0.3) is 5.92 Å². The lowest BCUT2D eigenvalue weighted by atomic mass is 10.0. The zero-order valence-corrected chi connectivity index (χ0v) is 12.8. The van der Waals surface area contributed by atoms with Gasteiger partial charge in [0.1, 0.15) is 5.92 Å². The number of benzene rings is 2. The zero-order valence-electron chi connectivity index (χ0n) is 12.8. The highest BCUT2D eigenvalue weighted by Gasteiger charge is 2.69. The number of nitrogens with one attached hydrogen (secondary N) is 1. The second kappa shape index (κ2) is 5.70. The van der Waals surface area contributed by atoms with Crippen molar-refractivity contribution in [2.75, 3.05) is 5.32 Å². The topological polar surface area (TPSA) is 66.4 Å². The summed E-state index contributed by atoms with van der Waals surface area (Å²) < 4.78 is 26.6. The molecular formula is C18H15F2NO3. The smallest absolute Gasteiger partial charge is 0.335 e. The number of carboxylic acid groups (broad SMARTS) is 1. The number of hydrogen-bond acceptors (Lipinski definition) is 2. The van der Waals surface area contributed by atoms with E-state index in [1.165, 1.54) is 19.1 Å². The third-order valence-corrected chi connectivity index (χ3v) is 4.27. The van der Waals surface area contributed by atoms with Gasteiger partial charge in [-0.25, -0.2) is 13.6 Å². The predicted octanol–water partition coefficient (Wildman–Crippen LogP) is 3.89. The molecular weight excluding hydrogens is 316 g/mol. The van der Waals surface area contributed by atoms with Crippen molar-refractivity contribution in [3.05, 3.63) is 54.1 Å². The van der Waals surface area contributed by atoms with Crippen molar-refractivity contribution in [2.45, 2.75) is 12.8 Å². The molecule has 0 spiro atoms. The number of carbonyl (C=O) groups is 2. The van der Waals surface area contributed by atoms with E-state index < -0.39 is 29.6 Å². The molecule has 2 atom stereocenters. The van der Waals surface area contributed by atoms with E-state index in [0.717, 1.165) is 0 Å². The first-order valence-corrected chi connectivity index (χ1v) is 7.43. The van der Waals surface area contributed by atoms with Gasteiger partial charge in [0.05, 0.1) is 5.56 Å². The summed E-state index contributed by atoms with van der Waals surface area (Å²) in [7, 11) is 0. The number of rotatable bonds is 4. The summed E-state index contributed by atoms with van der Waals surface area (Å²) in [5.74, 6) is -6.93. The molecule has 0 radical (unpaired) electrons. The van der Waals surface area contributed by atoms with E-state index in [2.05, 4.69) is 5.32 Å². The third-order valence-electron chi connectivity index (χ3n) is 4.27. The van der Waals surface area contributed by atoms with Crippen molar-refractivity contribution in [1.29, 1.82) is 0 Å². The molecule has 2 aromatic rings. The van der Waals surface area contributed by atoms with Crippen molar-refractivity contribution < 1.29 is 23.5 Å². The van der Waals surface area contributed by atoms with Crippen LogP contribution >= 0.6 is 0 Å². The summed E-state index contributed by atoms with van der Waals surface area (Å²) in [6.07, 6.45) is 0. The summed E-state index contributed by atoms with van der Waals surface area (Å²) in [6, 6.07) is 13.0. The van der Waals surface area contributed by atoms with Crippen LogP contribution in [0.4, 0.5) is 14.5 Å². The molecule has 0 heterocycles. The molecule has 3 rings (SSSR count). The molecule has 0 saturated heterocycles. The van der Waals surface area contributed by atoms with Gasteiger partial charge in [-0.1, -0.05) is 31.2 Å². The maximum absolute atomic E-state index is 13.3. The molecule has 0 aliphatic heterocycles. The highest BCUT2D eigenvalue weighted by molar-refractivity contribution is 5.96. The minimum Gasteiger partial charge on any atom is -0.478 e. The molecule has 24 heavy (non-hydrogen) atoms. The van der Waals surface area contributed by atoms with Gasteiger partial charge in [0, 0.05) is 11.6 Å². The second-order valence-corrected chi connectivity index (χ2v) is 5.90.